The lowest BCUT2D eigenvalue weighted by molar-refractivity contribution is 0.626. The van der Waals surface area contributed by atoms with Gasteiger partial charge < -0.3 is 10.3 Å². The number of aromatic nitrogens is 4. The highest BCUT2D eigenvalue weighted by Crippen LogP contribution is 2.46. The lowest BCUT2D eigenvalue weighted by Gasteiger charge is -2.09. The predicted molar refractivity (Wildman–Crippen MR) is 77.8 cm³/mol. The number of hydrogen-bond donors (Lipinski definition) is 1. The van der Waals surface area contributed by atoms with E-state index in [1.807, 2.05) is 13.0 Å². The van der Waals surface area contributed by atoms with E-state index in [1.165, 1.54) is 31.5 Å². The van der Waals surface area contributed by atoms with Crippen LogP contribution in [-0.2, 0) is 0 Å². The molecule has 2 saturated carbocycles. The van der Waals surface area contributed by atoms with Gasteiger partial charge >= 0.3 is 0 Å². The zero-order valence-corrected chi connectivity index (χ0v) is 12.2. The number of nitrogens with two attached hydrogens (primary N) is 1. The van der Waals surface area contributed by atoms with Gasteiger partial charge in [0.15, 0.2) is 5.16 Å². The lowest BCUT2D eigenvalue weighted by Crippen LogP contribution is -2.02. The van der Waals surface area contributed by atoms with Crippen molar-refractivity contribution in [1.29, 1.82) is 0 Å². The summed E-state index contributed by atoms with van der Waals surface area (Å²) in [7, 11) is 0. The van der Waals surface area contributed by atoms with E-state index in [2.05, 4.69) is 19.7 Å². The quantitative estimate of drug-likeness (QED) is 0.936. The third-order valence-corrected chi connectivity index (χ3v) is 4.88. The molecule has 2 aliphatic rings. The summed E-state index contributed by atoms with van der Waals surface area (Å²) in [5.74, 6) is 1.79. The van der Waals surface area contributed by atoms with Crippen LogP contribution < -0.4 is 5.73 Å². The van der Waals surface area contributed by atoms with E-state index in [-0.39, 0.29) is 0 Å². The van der Waals surface area contributed by atoms with Crippen LogP contribution in [0.1, 0.15) is 49.0 Å². The Kier molecular flexibility index (Phi) is 2.73. The Balaban J connectivity index is 1.70. The van der Waals surface area contributed by atoms with Crippen molar-refractivity contribution < 1.29 is 0 Å². The van der Waals surface area contributed by atoms with E-state index in [0.29, 0.717) is 12.0 Å². The minimum atomic E-state index is 0.592. The molecule has 2 fully saturated rings. The summed E-state index contributed by atoms with van der Waals surface area (Å²) in [5.41, 5.74) is 7.91. The molecule has 0 radical (unpaired) electrons. The topological polar surface area (TPSA) is 69.6 Å². The number of nitrogen functional groups attached to an aromatic ring is 1. The second-order valence-electron chi connectivity index (χ2n) is 5.66. The fraction of sp³-hybridized carbons (Fsp3) is 0.500. The molecule has 2 heterocycles. The molecule has 0 aliphatic heterocycles. The zero-order valence-electron chi connectivity index (χ0n) is 11.4. The molecule has 0 spiro atoms. The Labute approximate surface area is 122 Å². The summed E-state index contributed by atoms with van der Waals surface area (Å²) in [4.78, 5) is 4.38. The van der Waals surface area contributed by atoms with E-state index < -0.39 is 0 Å². The summed E-state index contributed by atoms with van der Waals surface area (Å²) in [6.45, 7) is 2.00. The highest BCUT2D eigenvalue weighted by Gasteiger charge is 2.36. The Morgan fingerprint density at radius 3 is 2.75 bits per heavy atom. The Hall–Kier alpha value is -1.56. The van der Waals surface area contributed by atoms with Crippen LogP contribution in [0.2, 0.25) is 0 Å². The van der Waals surface area contributed by atoms with Crippen molar-refractivity contribution in [3.8, 4) is 0 Å². The van der Waals surface area contributed by atoms with Crippen LogP contribution in [0.15, 0.2) is 22.4 Å². The first-order chi connectivity index (χ1) is 9.74. The molecule has 2 N–H and O–H groups in total. The minimum Gasteiger partial charge on any atom is -0.396 e. The van der Waals surface area contributed by atoms with Gasteiger partial charge in [-0.3, -0.25) is 0 Å². The third-order valence-electron chi connectivity index (χ3n) is 3.90. The summed E-state index contributed by atoms with van der Waals surface area (Å²) >= 11 is 1.54. The normalized spacial score (nSPS) is 18.4. The summed E-state index contributed by atoms with van der Waals surface area (Å²) < 4.78 is 2.33. The van der Waals surface area contributed by atoms with Gasteiger partial charge in [-0.15, -0.1) is 10.2 Å². The third kappa shape index (κ3) is 2.08. The fourth-order valence-electron chi connectivity index (χ4n) is 2.37. The van der Waals surface area contributed by atoms with E-state index in [9.17, 15) is 0 Å². The monoisotopic (exact) mass is 287 g/mol. The number of hydrogen-bond acceptors (Lipinski definition) is 5. The Morgan fingerprint density at radius 2 is 2.05 bits per heavy atom. The van der Waals surface area contributed by atoms with Gasteiger partial charge in [0, 0.05) is 18.2 Å². The van der Waals surface area contributed by atoms with Crippen LogP contribution in [0.25, 0.3) is 0 Å². The fourth-order valence-corrected chi connectivity index (χ4v) is 3.35. The molecule has 2 aromatic rings. The van der Waals surface area contributed by atoms with Crippen LogP contribution in [0, 0.1) is 6.92 Å². The first-order valence-corrected chi connectivity index (χ1v) is 7.89. The van der Waals surface area contributed by atoms with Gasteiger partial charge in [-0.2, -0.15) is 0 Å². The molecule has 2 aliphatic carbocycles. The molecule has 2 aromatic heterocycles. The van der Waals surface area contributed by atoms with E-state index >= 15 is 0 Å². The van der Waals surface area contributed by atoms with Crippen molar-refractivity contribution in [3.05, 3.63) is 23.7 Å². The first kappa shape index (κ1) is 12.2. The van der Waals surface area contributed by atoms with Gasteiger partial charge in [0.2, 0.25) is 0 Å². The highest BCUT2D eigenvalue weighted by atomic mass is 32.2. The molecular weight excluding hydrogens is 270 g/mol. The van der Waals surface area contributed by atoms with Gasteiger partial charge in [-0.25, -0.2) is 4.98 Å². The molecule has 0 atom stereocenters. The maximum atomic E-state index is 6.11. The van der Waals surface area contributed by atoms with Crippen LogP contribution in [0.4, 0.5) is 5.69 Å². The molecule has 0 bridgehead atoms. The van der Waals surface area contributed by atoms with Crippen LogP contribution in [-0.4, -0.2) is 19.7 Å². The van der Waals surface area contributed by atoms with Crippen molar-refractivity contribution in [1.82, 2.24) is 19.7 Å². The summed E-state index contributed by atoms with van der Waals surface area (Å²) in [6.07, 6.45) is 6.78. The number of rotatable bonds is 4. The van der Waals surface area contributed by atoms with Crippen molar-refractivity contribution in [3.63, 3.8) is 0 Å². The molecule has 0 saturated heterocycles. The second kappa shape index (κ2) is 4.48. The maximum absolute atomic E-state index is 6.11. The zero-order chi connectivity index (χ0) is 13.7. The number of pyridine rings is 1. The average Bonchev–Trinajstić information content (AvgIpc) is 3.34. The van der Waals surface area contributed by atoms with Gasteiger partial charge in [0.25, 0.3) is 0 Å². The smallest absolute Gasteiger partial charge is 0.197 e. The van der Waals surface area contributed by atoms with Crippen LogP contribution in [0.3, 0.4) is 0 Å². The van der Waals surface area contributed by atoms with Crippen LogP contribution >= 0.6 is 11.8 Å². The molecule has 0 amide bonds. The van der Waals surface area contributed by atoms with Crippen molar-refractivity contribution in [2.75, 3.05) is 5.73 Å². The SMILES string of the molecule is Cc1ccnc(Sc2nnc(C3CC3)n2C2CC2)c1N. The molecule has 6 heteroatoms. The lowest BCUT2D eigenvalue weighted by atomic mass is 10.3. The van der Waals surface area contributed by atoms with E-state index in [0.717, 1.165) is 21.4 Å². The largest absolute Gasteiger partial charge is 0.396 e. The Bertz CT molecular complexity index is 658. The van der Waals surface area contributed by atoms with E-state index in [4.69, 9.17) is 5.73 Å². The molecule has 0 aromatic carbocycles. The molecule has 104 valence electrons. The summed E-state index contributed by atoms with van der Waals surface area (Å²) in [6, 6.07) is 2.52. The van der Waals surface area contributed by atoms with Gasteiger partial charge in [0.05, 0.1) is 5.69 Å². The molecule has 4 rings (SSSR count). The van der Waals surface area contributed by atoms with Crippen molar-refractivity contribution >= 4 is 17.4 Å². The maximum Gasteiger partial charge on any atom is 0.197 e. The standard InChI is InChI=1S/C14H17N5S/c1-8-6-7-16-13(11(8)15)20-14-18-17-12(9-2-3-9)19(14)10-4-5-10/h6-7,9-10H,2-5,15H2,1H3. The first-order valence-electron chi connectivity index (χ1n) is 7.08. The highest BCUT2D eigenvalue weighted by molar-refractivity contribution is 7.99. The van der Waals surface area contributed by atoms with Crippen molar-refractivity contribution in [2.24, 2.45) is 0 Å². The van der Waals surface area contributed by atoms with Gasteiger partial charge in [-0.05, 0) is 56.0 Å². The number of anilines is 1. The average molecular weight is 287 g/mol. The predicted octanol–water partition coefficient (Wildman–Crippen LogP) is 2.93. The molecule has 5 nitrogen and oxygen atoms in total. The number of nitrogens with zero attached hydrogens (tertiary/aromatic N) is 4. The molecule has 0 unspecified atom stereocenters. The second-order valence-corrected chi connectivity index (χ2v) is 6.62. The van der Waals surface area contributed by atoms with E-state index in [1.54, 1.807) is 18.0 Å². The van der Waals surface area contributed by atoms with Crippen LogP contribution in [0.5, 0.6) is 0 Å². The Morgan fingerprint density at radius 1 is 1.25 bits per heavy atom. The summed E-state index contributed by atoms with van der Waals surface area (Å²) in [5, 5.41) is 10.6. The number of aryl methyl sites for hydroxylation is 1. The minimum absolute atomic E-state index is 0.592. The van der Waals surface area contributed by atoms with Crippen molar-refractivity contribution in [2.45, 2.75) is 54.7 Å². The molecular formula is C14H17N5S. The van der Waals surface area contributed by atoms with Gasteiger partial charge in [0.1, 0.15) is 10.9 Å². The molecule has 20 heavy (non-hydrogen) atoms. The van der Waals surface area contributed by atoms with Gasteiger partial charge in [-0.1, -0.05) is 0 Å².